The number of nitrogens with two attached hydrogens (primary N) is 1. The van der Waals surface area contributed by atoms with Gasteiger partial charge in [0.2, 0.25) is 0 Å². The first-order valence-electron chi connectivity index (χ1n) is 6.19. The van der Waals surface area contributed by atoms with Crippen LogP contribution >= 0.6 is 12.2 Å². The smallest absolute Gasteiger partial charge is 0.141 e. The molecule has 1 aromatic heterocycles. The fourth-order valence-corrected chi connectivity index (χ4v) is 2.44. The van der Waals surface area contributed by atoms with E-state index in [1.165, 1.54) is 12.1 Å². The molecule has 0 aliphatic rings. The van der Waals surface area contributed by atoms with Crippen molar-refractivity contribution in [2.45, 2.75) is 20.8 Å². The number of hydrogen-bond donors (Lipinski definition) is 2. The molecule has 104 valence electrons. The number of hydrogen-bond acceptors (Lipinski definition) is 3. The lowest BCUT2D eigenvalue weighted by Crippen LogP contribution is -2.15. The summed E-state index contributed by atoms with van der Waals surface area (Å²) in [5.74, 6) is 0.258. The summed E-state index contributed by atoms with van der Waals surface area (Å²) >= 11 is 5.07. The molecule has 3 N–H and O–H groups in total. The molecule has 0 saturated heterocycles. The number of aryl methyl sites for hydroxylation is 3. The monoisotopic (exact) mass is 289 g/mol. The lowest BCUT2D eigenvalue weighted by molar-refractivity contribution is 0.627. The number of anilines is 2. The number of nitrogens with zero attached hydrogens (tertiary/aromatic N) is 1. The molecule has 0 spiro atoms. The first kappa shape index (κ1) is 14.4. The molecule has 0 amide bonds. The second-order valence-corrected chi connectivity index (χ2v) is 5.25. The van der Waals surface area contributed by atoms with Gasteiger partial charge in [0, 0.05) is 11.4 Å². The minimum atomic E-state index is -0.297. The highest BCUT2D eigenvalue weighted by Gasteiger charge is 2.12. The Bertz CT molecular complexity index is 663. The summed E-state index contributed by atoms with van der Waals surface area (Å²) in [6.45, 7) is 5.64. The van der Waals surface area contributed by atoms with Crippen LogP contribution in [-0.2, 0) is 0 Å². The molecule has 0 saturated carbocycles. The molecular formula is C15H16FN3S. The van der Waals surface area contributed by atoms with Gasteiger partial charge in [-0.15, -0.1) is 0 Å². The number of rotatable bonds is 3. The summed E-state index contributed by atoms with van der Waals surface area (Å²) in [6, 6.07) is 6.63. The largest absolute Gasteiger partial charge is 0.389 e. The van der Waals surface area contributed by atoms with Crippen molar-refractivity contribution in [2.75, 3.05) is 5.32 Å². The molecule has 2 rings (SSSR count). The van der Waals surface area contributed by atoms with Crippen molar-refractivity contribution < 1.29 is 4.39 Å². The normalized spacial score (nSPS) is 10.4. The number of halogens is 1. The fraction of sp³-hybridized carbons (Fsp3) is 0.200. The Labute approximate surface area is 123 Å². The van der Waals surface area contributed by atoms with Crippen molar-refractivity contribution in [3.05, 3.63) is 52.5 Å². The van der Waals surface area contributed by atoms with Gasteiger partial charge in [0.1, 0.15) is 16.6 Å². The highest BCUT2D eigenvalue weighted by Crippen LogP contribution is 2.24. The van der Waals surface area contributed by atoms with Gasteiger partial charge < -0.3 is 11.1 Å². The molecule has 2 aromatic rings. The van der Waals surface area contributed by atoms with E-state index in [2.05, 4.69) is 10.3 Å². The predicted molar refractivity (Wildman–Crippen MR) is 84.0 cm³/mol. The van der Waals surface area contributed by atoms with Gasteiger partial charge in [-0.05, 0) is 56.2 Å². The molecule has 5 heteroatoms. The van der Waals surface area contributed by atoms with Crippen LogP contribution < -0.4 is 11.1 Å². The molecule has 0 aliphatic heterocycles. The summed E-state index contributed by atoms with van der Waals surface area (Å²) in [5, 5.41) is 3.10. The number of aromatic nitrogens is 1. The van der Waals surface area contributed by atoms with Gasteiger partial charge in [0.15, 0.2) is 0 Å². The quantitative estimate of drug-likeness (QED) is 0.849. The molecule has 20 heavy (non-hydrogen) atoms. The minimum absolute atomic E-state index is 0.269. The first-order chi connectivity index (χ1) is 9.36. The van der Waals surface area contributed by atoms with Crippen LogP contribution in [0, 0.1) is 26.6 Å². The Balaban J connectivity index is 2.49. The van der Waals surface area contributed by atoms with E-state index in [1.807, 2.05) is 32.9 Å². The topological polar surface area (TPSA) is 50.9 Å². The Morgan fingerprint density at radius 1 is 1.20 bits per heavy atom. The average Bonchev–Trinajstić information content (AvgIpc) is 2.25. The van der Waals surface area contributed by atoms with Crippen molar-refractivity contribution in [2.24, 2.45) is 5.73 Å². The van der Waals surface area contributed by atoms with Crippen LogP contribution in [0.3, 0.4) is 0 Å². The third-order valence-electron chi connectivity index (χ3n) is 2.90. The Kier molecular flexibility index (Phi) is 3.99. The van der Waals surface area contributed by atoms with Crippen LogP contribution in [0.4, 0.5) is 15.9 Å². The molecular weight excluding hydrogens is 273 g/mol. The van der Waals surface area contributed by atoms with E-state index in [4.69, 9.17) is 18.0 Å². The summed E-state index contributed by atoms with van der Waals surface area (Å²) < 4.78 is 13.4. The number of pyridine rings is 1. The van der Waals surface area contributed by atoms with Gasteiger partial charge in [-0.3, -0.25) is 0 Å². The summed E-state index contributed by atoms with van der Waals surface area (Å²) in [5.41, 5.74) is 9.68. The molecule has 1 aromatic carbocycles. The zero-order valence-corrected chi connectivity index (χ0v) is 12.4. The number of nitrogens with one attached hydrogen (secondary N) is 1. The van der Waals surface area contributed by atoms with E-state index in [0.717, 1.165) is 16.8 Å². The van der Waals surface area contributed by atoms with Crippen molar-refractivity contribution in [1.29, 1.82) is 0 Å². The van der Waals surface area contributed by atoms with E-state index < -0.39 is 0 Å². The van der Waals surface area contributed by atoms with Crippen LogP contribution in [0.1, 0.15) is 22.4 Å². The molecule has 3 nitrogen and oxygen atoms in total. The van der Waals surface area contributed by atoms with E-state index in [0.29, 0.717) is 17.1 Å². The lowest BCUT2D eigenvalue weighted by atomic mass is 10.1. The zero-order chi connectivity index (χ0) is 14.9. The van der Waals surface area contributed by atoms with Gasteiger partial charge in [-0.1, -0.05) is 12.2 Å². The predicted octanol–water partition coefficient (Wildman–Crippen LogP) is 3.52. The van der Waals surface area contributed by atoms with Crippen molar-refractivity contribution >= 4 is 28.7 Å². The summed E-state index contributed by atoms with van der Waals surface area (Å²) in [4.78, 5) is 4.68. The zero-order valence-electron chi connectivity index (χ0n) is 11.6. The molecule has 1 heterocycles. The average molecular weight is 289 g/mol. The number of thiocarbonyl (C=S) groups is 1. The van der Waals surface area contributed by atoms with E-state index in [-0.39, 0.29) is 10.8 Å². The second-order valence-electron chi connectivity index (χ2n) is 4.81. The van der Waals surface area contributed by atoms with Crippen LogP contribution in [0.25, 0.3) is 0 Å². The molecule has 0 radical (unpaired) electrons. The summed E-state index contributed by atoms with van der Waals surface area (Å²) in [6.07, 6.45) is 0. The standard InChI is InChI=1S/C15H16FN3S/c1-8-4-11(16)7-12(5-8)19-15-13(14(17)20)9(2)6-10(3)18-15/h4-7H,1-3H3,(H2,17,20)(H,18,19). The van der Waals surface area contributed by atoms with Crippen LogP contribution in [0.15, 0.2) is 24.3 Å². The highest BCUT2D eigenvalue weighted by atomic mass is 32.1. The van der Waals surface area contributed by atoms with Gasteiger partial charge in [0.05, 0.1) is 5.56 Å². The molecule has 0 fully saturated rings. The lowest BCUT2D eigenvalue weighted by Gasteiger charge is -2.14. The minimum Gasteiger partial charge on any atom is -0.389 e. The van der Waals surface area contributed by atoms with Crippen molar-refractivity contribution in [3.63, 3.8) is 0 Å². The van der Waals surface area contributed by atoms with Gasteiger partial charge in [0.25, 0.3) is 0 Å². The van der Waals surface area contributed by atoms with E-state index in [9.17, 15) is 4.39 Å². The van der Waals surface area contributed by atoms with Gasteiger partial charge in [-0.2, -0.15) is 0 Å². The maximum Gasteiger partial charge on any atom is 0.141 e. The van der Waals surface area contributed by atoms with Gasteiger partial charge >= 0.3 is 0 Å². The third kappa shape index (κ3) is 3.11. The van der Waals surface area contributed by atoms with Crippen LogP contribution in [-0.4, -0.2) is 9.97 Å². The molecule has 0 aliphatic carbocycles. The van der Waals surface area contributed by atoms with E-state index >= 15 is 0 Å². The van der Waals surface area contributed by atoms with E-state index in [1.54, 1.807) is 0 Å². The van der Waals surface area contributed by atoms with Crippen LogP contribution in [0.2, 0.25) is 0 Å². The third-order valence-corrected chi connectivity index (χ3v) is 3.10. The van der Waals surface area contributed by atoms with Crippen molar-refractivity contribution in [1.82, 2.24) is 4.98 Å². The summed E-state index contributed by atoms with van der Waals surface area (Å²) in [7, 11) is 0. The first-order valence-corrected chi connectivity index (χ1v) is 6.60. The maximum atomic E-state index is 13.4. The van der Waals surface area contributed by atoms with Gasteiger partial charge in [-0.25, -0.2) is 9.37 Å². The van der Waals surface area contributed by atoms with Crippen LogP contribution in [0.5, 0.6) is 0 Å². The Morgan fingerprint density at radius 2 is 1.90 bits per heavy atom. The molecule has 0 bridgehead atoms. The SMILES string of the molecule is Cc1cc(F)cc(Nc2nc(C)cc(C)c2C(N)=S)c1. The Morgan fingerprint density at radius 3 is 2.50 bits per heavy atom. The second kappa shape index (κ2) is 5.54. The van der Waals surface area contributed by atoms with Crippen molar-refractivity contribution in [3.8, 4) is 0 Å². The molecule has 0 atom stereocenters. The highest BCUT2D eigenvalue weighted by molar-refractivity contribution is 7.80. The fourth-order valence-electron chi connectivity index (χ4n) is 2.18. The Hall–Kier alpha value is -2.01. The molecule has 0 unspecified atom stereocenters. The maximum absolute atomic E-state index is 13.4. The number of benzene rings is 1.